The van der Waals surface area contributed by atoms with E-state index in [2.05, 4.69) is 5.32 Å². The molecule has 1 N–H and O–H groups in total. The second-order valence-corrected chi connectivity index (χ2v) is 4.53. The van der Waals surface area contributed by atoms with Gasteiger partial charge in [0.25, 0.3) is 0 Å². The van der Waals surface area contributed by atoms with Crippen LogP contribution in [0.25, 0.3) is 0 Å². The Hall–Kier alpha value is -1.23. The van der Waals surface area contributed by atoms with E-state index in [9.17, 15) is 8.42 Å². The Balaban J connectivity index is 2.50. The summed E-state index contributed by atoms with van der Waals surface area (Å²) in [6, 6.07) is 5.39. The van der Waals surface area contributed by atoms with Gasteiger partial charge < -0.3 is 9.50 Å². The van der Waals surface area contributed by atoms with E-state index < -0.39 is 10.1 Å². The predicted molar refractivity (Wildman–Crippen MR) is 49.2 cm³/mol. The number of fused-ring (bicyclic) bond motifs is 1. The van der Waals surface area contributed by atoms with Crippen molar-refractivity contribution in [3.05, 3.63) is 23.8 Å². The zero-order chi connectivity index (χ0) is 9.47. The first-order valence-electron chi connectivity index (χ1n) is 3.83. The molecule has 2 rings (SSSR count). The highest BCUT2D eigenvalue weighted by Gasteiger charge is 2.21. The smallest absolute Gasteiger partial charge is 0.327 e. The van der Waals surface area contributed by atoms with E-state index in [0.29, 0.717) is 5.75 Å². The van der Waals surface area contributed by atoms with Crippen LogP contribution in [0.3, 0.4) is 0 Å². The average molecular weight is 199 g/mol. The first-order valence-corrected chi connectivity index (χ1v) is 5.41. The lowest BCUT2D eigenvalue weighted by Crippen LogP contribution is -2.25. The molecule has 13 heavy (non-hydrogen) atoms. The average Bonchev–Trinajstić information content (AvgIpc) is 2.01. The van der Waals surface area contributed by atoms with Crippen molar-refractivity contribution < 1.29 is 12.6 Å². The van der Waals surface area contributed by atoms with Crippen LogP contribution in [0.1, 0.15) is 5.56 Å². The van der Waals surface area contributed by atoms with E-state index in [-0.39, 0.29) is 5.88 Å². The summed E-state index contributed by atoms with van der Waals surface area (Å²) in [6.45, 7) is 1.88. The molecule has 0 atom stereocenters. The first kappa shape index (κ1) is 8.37. The van der Waals surface area contributed by atoms with Crippen LogP contribution in [0.2, 0.25) is 0 Å². The maximum atomic E-state index is 11.0. The third-order valence-electron chi connectivity index (χ3n) is 1.79. The molecular formula is C8H9NO3S. The maximum Gasteiger partial charge on any atom is 0.327 e. The number of anilines is 1. The molecule has 70 valence electrons. The van der Waals surface area contributed by atoms with Crippen LogP contribution >= 0.6 is 0 Å². The highest BCUT2D eigenvalue weighted by Crippen LogP contribution is 2.30. The summed E-state index contributed by atoms with van der Waals surface area (Å²) in [5, 5.41) is 2.77. The van der Waals surface area contributed by atoms with E-state index in [4.69, 9.17) is 4.18 Å². The number of hydrogen-bond donors (Lipinski definition) is 1. The third-order valence-corrected chi connectivity index (χ3v) is 2.72. The Morgan fingerprint density at radius 1 is 1.46 bits per heavy atom. The van der Waals surface area contributed by atoms with Crippen LogP contribution in [0, 0.1) is 6.92 Å². The number of benzene rings is 1. The Morgan fingerprint density at radius 3 is 3.00 bits per heavy atom. The maximum absolute atomic E-state index is 11.0. The summed E-state index contributed by atoms with van der Waals surface area (Å²) in [5.74, 6) is 0.217. The fraction of sp³-hybridized carbons (Fsp3) is 0.250. The lowest BCUT2D eigenvalue weighted by atomic mass is 10.2. The van der Waals surface area contributed by atoms with Crippen molar-refractivity contribution in [1.29, 1.82) is 0 Å². The third kappa shape index (κ3) is 1.60. The van der Waals surface area contributed by atoms with E-state index in [1.165, 1.54) is 0 Å². The summed E-state index contributed by atoms with van der Waals surface area (Å²) in [5.41, 5.74) is 1.69. The van der Waals surface area contributed by atoms with Gasteiger partial charge in [0, 0.05) is 0 Å². The molecule has 0 amide bonds. The molecule has 0 saturated carbocycles. The molecule has 0 aliphatic carbocycles. The standard InChI is InChI=1S/C8H9NO3S/c1-6-2-3-7-8(4-6)12-13(10,11)5-9-7/h2-4,9H,5H2,1H3. The molecule has 0 spiro atoms. The quantitative estimate of drug-likeness (QED) is 0.635. The lowest BCUT2D eigenvalue weighted by Gasteiger charge is -2.18. The fourth-order valence-electron chi connectivity index (χ4n) is 1.18. The monoisotopic (exact) mass is 199 g/mol. The molecule has 1 aromatic carbocycles. The first-order chi connectivity index (χ1) is 6.07. The Labute approximate surface area is 76.7 Å². The molecule has 0 fully saturated rings. The van der Waals surface area contributed by atoms with E-state index in [1.807, 2.05) is 13.0 Å². The zero-order valence-corrected chi connectivity index (χ0v) is 7.89. The number of rotatable bonds is 0. The molecule has 0 unspecified atom stereocenters. The Bertz CT molecular complexity index is 439. The van der Waals surface area contributed by atoms with Gasteiger partial charge in [-0.1, -0.05) is 6.07 Å². The second kappa shape index (κ2) is 2.63. The molecule has 0 bridgehead atoms. The number of hydrogen-bond acceptors (Lipinski definition) is 4. The van der Waals surface area contributed by atoms with Gasteiger partial charge in [-0.05, 0) is 24.6 Å². The molecule has 1 aliphatic heterocycles. The molecule has 0 aromatic heterocycles. The van der Waals surface area contributed by atoms with Gasteiger partial charge in [0.1, 0.15) is 0 Å². The summed E-state index contributed by atoms with van der Waals surface area (Å²) >= 11 is 0. The van der Waals surface area contributed by atoms with E-state index in [1.54, 1.807) is 12.1 Å². The number of nitrogens with one attached hydrogen (secondary N) is 1. The van der Waals surface area contributed by atoms with Gasteiger partial charge in [-0.3, -0.25) is 0 Å². The van der Waals surface area contributed by atoms with Crippen molar-refractivity contribution in [3.8, 4) is 5.75 Å². The molecule has 1 aromatic rings. The molecule has 5 heteroatoms. The Kier molecular flexibility index (Phi) is 1.69. The van der Waals surface area contributed by atoms with Gasteiger partial charge >= 0.3 is 10.1 Å². The van der Waals surface area contributed by atoms with Crippen LogP contribution < -0.4 is 9.50 Å². The van der Waals surface area contributed by atoms with Crippen molar-refractivity contribution >= 4 is 15.8 Å². The minimum Gasteiger partial charge on any atom is -0.379 e. The molecule has 1 heterocycles. The van der Waals surface area contributed by atoms with Gasteiger partial charge in [-0.2, -0.15) is 8.42 Å². The van der Waals surface area contributed by atoms with E-state index in [0.717, 1.165) is 11.3 Å². The van der Waals surface area contributed by atoms with Gasteiger partial charge in [0.05, 0.1) is 5.69 Å². The minimum absolute atomic E-state index is 0.164. The molecule has 0 saturated heterocycles. The highest BCUT2D eigenvalue weighted by atomic mass is 32.2. The molecule has 0 radical (unpaired) electrons. The largest absolute Gasteiger partial charge is 0.379 e. The van der Waals surface area contributed by atoms with Crippen molar-refractivity contribution in [2.24, 2.45) is 0 Å². The minimum atomic E-state index is -3.42. The predicted octanol–water partition coefficient (Wildman–Crippen LogP) is 1.09. The Morgan fingerprint density at radius 2 is 2.23 bits per heavy atom. The molecular weight excluding hydrogens is 190 g/mol. The molecule has 1 aliphatic rings. The summed E-state index contributed by atoms with van der Waals surface area (Å²) in [6.07, 6.45) is 0. The van der Waals surface area contributed by atoms with Crippen LogP contribution in [-0.4, -0.2) is 14.3 Å². The summed E-state index contributed by atoms with van der Waals surface area (Å²) in [7, 11) is -3.42. The fourth-order valence-corrected chi connectivity index (χ4v) is 1.98. The van der Waals surface area contributed by atoms with Crippen LogP contribution in [-0.2, 0) is 10.1 Å². The SMILES string of the molecule is Cc1ccc2c(c1)OS(=O)(=O)CN2. The zero-order valence-electron chi connectivity index (χ0n) is 7.07. The van der Waals surface area contributed by atoms with Crippen LogP contribution in [0.4, 0.5) is 5.69 Å². The van der Waals surface area contributed by atoms with Crippen molar-refractivity contribution in [2.45, 2.75) is 6.92 Å². The van der Waals surface area contributed by atoms with Crippen molar-refractivity contribution in [1.82, 2.24) is 0 Å². The number of aryl methyl sites for hydroxylation is 1. The summed E-state index contributed by atoms with van der Waals surface area (Å²) < 4.78 is 26.9. The van der Waals surface area contributed by atoms with Crippen molar-refractivity contribution in [2.75, 3.05) is 11.2 Å². The van der Waals surface area contributed by atoms with Crippen LogP contribution in [0.15, 0.2) is 18.2 Å². The van der Waals surface area contributed by atoms with Crippen molar-refractivity contribution in [3.63, 3.8) is 0 Å². The lowest BCUT2D eigenvalue weighted by molar-refractivity contribution is 0.483. The highest BCUT2D eigenvalue weighted by molar-refractivity contribution is 7.87. The topological polar surface area (TPSA) is 55.4 Å². The van der Waals surface area contributed by atoms with Gasteiger partial charge in [-0.25, -0.2) is 0 Å². The van der Waals surface area contributed by atoms with Crippen LogP contribution in [0.5, 0.6) is 5.75 Å². The summed E-state index contributed by atoms with van der Waals surface area (Å²) in [4.78, 5) is 0. The second-order valence-electron chi connectivity index (χ2n) is 2.96. The molecule has 4 nitrogen and oxygen atoms in total. The normalized spacial score (nSPS) is 18.2. The van der Waals surface area contributed by atoms with Gasteiger partial charge in [0.15, 0.2) is 11.6 Å². The van der Waals surface area contributed by atoms with Gasteiger partial charge in [-0.15, -0.1) is 0 Å². The van der Waals surface area contributed by atoms with Gasteiger partial charge in [0.2, 0.25) is 0 Å². The van der Waals surface area contributed by atoms with E-state index >= 15 is 0 Å².